The summed E-state index contributed by atoms with van der Waals surface area (Å²) in [7, 11) is 0. The van der Waals surface area contributed by atoms with Crippen molar-refractivity contribution in [3.8, 4) is 0 Å². The number of hydrogen-bond donors (Lipinski definition) is 0. The summed E-state index contributed by atoms with van der Waals surface area (Å²) in [6.07, 6.45) is 3.27. The molecule has 0 bridgehead atoms. The van der Waals surface area contributed by atoms with Crippen molar-refractivity contribution in [1.82, 2.24) is 0 Å². The van der Waals surface area contributed by atoms with Crippen LogP contribution in [0.15, 0.2) is 24.3 Å². The van der Waals surface area contributed by atoms with Crippen LogP contribution in [0.5, 0.6) is 0 Å². The van der Waals surface area contributed by atoms with E-state index in [-0.39, 0.29) is 12.5 Å². The fraction of sp³-hybridized carbons (Fsp3) is 0.500. The van der Waals surface area contributed by atoms with Crippen molar-refractivity contribution >= 4 is 11.6 Å². The van der Waals surface area contributed by atoms with Gasteiger partial charge in [-0.3, -0.25) is 4.79 Å². The fourth-order valence-electron chi connectivity index (χ4n) is 2.22. The molecule has 1 aromatic rings. The van der Waals surface area contributed by atoms with E-state index in [4.69, 9.17) is 4.74 Å². The number of fused-ring (bicyclic) bond motifs is 1. The summed E-state index contributed by atoms with van der Waals surface area (Å²) < 4.78 is 5.21. The van der Waals surface area contributed by atoms with Crippen molar-refractivity contribution in [1.29, 1.82) is 0 Å². The van der Waals surface area contributed by atoms with Gasteiger partial charge in [-0.2, -0.15) is 0 Å². The molecule has 1 aromatic carbocycles. The molecule has 0 saturated heterocycles. The number of ether oxygens (including phenoxy) is 1. The first-order chi connectivity index (χ1) is 8.33. The third kappa shape index (κ3) is 2.86. The fourth-order valence-corrected chi connectivity index (χ4v) is 2.22. The minimum Gasteiger partial charge on any atom is -0.372 e. The molecular weight excluding hydrogens is 214 g/mol. The number of rotatable bonds is 3. The van der Waals surface area contributed by atoms with Crippen LogP contribution in [0.3, 0.4) is 0 Å². The number of para-hydroxylation sites is 1. The van der Waals surface area contributed by atoms with Crippen LogP contribution in [0.25, 0.3) is 0 Å². The normalized spacial score (nSPS) is 15.2. The monoisotopic (exact) mass is 233 g/mol. The maximum absolute atomic E-state index is 12.1. The molecule has 1 aliphatic heterocycles. The lowest BCUT2D eigenvalue weighted by Crippen LogP contribution is -2.34. The molecule has 0 unspecified atom stereocenters. The van der Waals surface area contributed by atoms with Gasteiger partial charge in [0.2, 0.25) is 0 Å². The van der Waals surface area contributed by atoms with E-state index in [0.29, 0.717) is 6.61 Å². The number of nitrogens with zero attached hydrogens (tertiary/aromatic N) is 1. The van der Waals surface area contributed by atoms with E-state index in [9.17, 15) is 4.79 Å². The minimum absolute atomic E-state index is 0.0706. The van der Waals surface area contributed by atoms with E-state index in [1.54, 1.807) is 0 Å². The van der Waals surface area contributed by atoms with Crippen LogP contribution >= 0.6 is 0 Å². The second-order valence-electron chi connectivity index (χ2n) is 4.27. The molecule has 1 aliphatic rings. The van der Waals surface area contributed by atoms with Gasteiger partial charge in [0.05, 0.1) is 0 Å². The van der Waals surface area contributed by atoms with Crippen molar-refractivity contribution in [2.45, 2.75) is 26.2 Å². The molecule has 92 valence electrons. The largest absolute Gasteiger partial charge is 0.372 e. The van der Waals surface area contributed by atoms with Crippen LogP contribution in [0.4, 0.5) is 5.69 Å². The summed E-state index contributed by atoms with van der Waals surface area (Å²) in [5.74, 6) is 0.0706. The van der Waals surface area contributed by atoms with Crippen LogP contribution in [0, 0.1) is 0 Å². The Kier molecular flexibility index (Phi) is 4.15. The van der Waals surface area contributed by atoms with Crippen LogP contribution in [0.1, 0.15) is 25.3 Å². The molecule has 2 rings (SSSR count). The summed E-state index contributed by atoms with van der Waals surface area (Å²) in [5.41, 5.74) is 2.34. The van der Waals surface area contributed by atoms with Crippen molar-refractivity contribution in [2.75, 3.05) is 24.7 Å². The molecule has 1 heterocycles. The van der Waals surface area contributed by atoms with Gasteiger partial charge in [-0.25, -0.2) is 0 Å². The summed E-state index contributed by atoms with van der Waals surface area (Å²) in [4.78, 5) is 13.9. The topological polar surface area (TPSA) is 29.5 Å². The van der Waals surface area contributed by atoms with Crippen molar-refractivity contribution < 1.29 is 9.53 Å². The summed E-state index contributed by atoms with van der Waals surface area (Å²) >= 11 is 0. The Morgan fingerprint density at radius 3 is 3.00 bits per heavy atom. The molecule has 0 N–H and O–H groups in total. The van der Waals surface area contributed by atoms with Gasteiger partial charge in [0.15, 0.2) is 0 Å². The van der Waals surface area contributed by atoms with Crippen molar-refractivity contribution in [2.24, 2.45) is 0 Å². The second-order valence-corrected chi connectivity index (χ2v) is 4.27. The zero-order valence-corrected chi connectivity index (χ0v) is 10.3. The van der Waals surface area contributed by atoms with Gasteiger partial charge >= 0.3 is 0 Å². The molecule has 17 heavy (non-hydrogen) atoms. The van der Waals surface area contributed by atoms with Crippen molar-refractivity contribution in [3.63, 3.8) is 0 Å². The number of benzene rings is 1. The van der Waals surface area contributed by atoms with Crippen LogP contribution in [-0.4, -0.2) is 25.7 Å². The van der Waals surface area contributed by atoms with Crippen LogP contribution in [-0.2, 0) is 16.0 Å². The first kappa shape index (κ1) is 12.1. The van der Waals surface area contributed by atoms with Gasteiger partial charge in [0.25, 0.3) is 5.91 Å². The summed E-state index contributed by atoms with van der Waals surface area (Å²) in [6.45, 7) is 3.48. The summed E-state index contributed by atoms with van der Waals surface area (Å²) in [6, 6.07) is 8.17. The number of amides is 1. The van der Waals surface area contributed by atoms with E-state index < -0.39 is 0 Å². The Morgan fingerprint density at radius 2 is 2.18 bits per heavy atom. The molecule has 0 aliphatic carbocycles. The lowest BCUT2D eigenvalue weighted by molar-refractivity contribution is -0.122. The van der Waals surface area contributed by atoms with Gasteiger partial charge in [0.1, 0.15) is 6.61 Å². The Labute approximate surface area is 102 Å². The molecule has 0 aromatic heterocycles. The molecule has 3 heteroatoms. The second kappa shape index (κ2) is 5.82. The quantitative estimate of drug-likeness (QED) is 0.802. The third-order valence-electron chi connectivity index (χ3n) is 3.09. The van der Waals surface area contributed by atoms with E-state index in [2.05, 4.69) is 6.07 Å². The first-order valence-electron chi connectivity index (χ1n) is 6.29. The predicted octanol–water partition coefficient (Wildman–Crippen LogP) is 2.39. The van der Waals surface area contributed by atoms with Gasteiger partial charge in [-0.1, -0.05) is 18.2 Å². The highest BCUT2D eigenvalue weighted by atomic mass is 16.5. The maximum Gasteiger partial charge on any atom is 0.252 e. The number of anilines is 1. The predicted molar refractivity (Wildman–Crippen MR) is 68.2 cm³/mol. The minimum atomic E-state index is 0.0706. The van der Waals surface area contributed by atoms with Gasteiger partial charge < -0.3 is 9.64 Å². The Bertz CT molecular complexity index is 390. The number of aryl methyl sites for hydroxylation is 1. The lowest BCUT2D eigenvalue weighted by Gasteiger charge is -2.22. The molecule has 0 spiro atoms. The smallest absolute Gasteiger partial charge is 0.252 e. The van der Waals surface area contributed by atoms with E-state index in [1.165, 1.54) is 5.56 Å². The highest BCUT2D eigenvalue weighted by molar-refractivity contribution is 5.95. The first-order valence-corrected chi connectivity index (χ1v) is 6.29. The molecule has 3 nitrogen and oxygen atoms in total. The standard InChI is InChI=1S/C14H19NO2/c1-2-17-11-14(16)15-10-6-5-8-12-7-3-4-9-13(12)15/h3-4,7,9H,2,5-6,8,10-11H2,1H3. The maximum atomic E-state index is 12.1. The Balaban J connectivity index is 2.19. The Hall–Kier alpha value is -1.35. The molecule has 0 fully saturated rings. The zero-order valence-electron chi connectivity index (χ0n) is 10.3. The third-order valence-corrected chi connectivity index (χ3v) is 3.09. The van der Waals surface area contributed by atoms with Crippen LogP contribution < -0.4 is 4.90 Å². The highest BCUT2D eigenvalue weighted by Gasteiger charge is 2.20. The molecule has 0 saturated carbocycles. The molecule has 1 amide bonds. The summed E-state index contributed by atoms with van der Waals surface area (Å²) in [5, 5.41) is 0. The highest BCUT2D eigenvalue weighted by Crippen LogP contribution is 2.26. The Morgan fingerprint density at radius 1 is 1.35 bits per heavy atom. The van der Waals surface area contributed by atoms with E-state index in [1.807, 2.05) is 30.0 Å². The van der Waals surface area contributed by atoms with E-state index in [0.717, 1.165) is 31.5 Å². The van der Waals surface area contributed by atoms with Crippen molar-refractivity contribution in [3.05, 3.63) is 29.8 Å². The van der Waals surface area contributed by atoms with Crippen LogP contribution in [0.2, 0.25) is 0 Å². The van der Waals surface area contributed by atoms with Gasteiger partial charge in [-0.15, -0.1) is 0 Å². The molecular formula is C14H19NO2. The average Bonchev–Trinajstić information content (AvgIpc) is 2.58. The van der Waals surface area contributed by atoms with Gasteiger partial charge in [-0.05, 0) is 37.8 Å². The lowest BCUT2D eigenvalue weighted by atomic mass is 10.1. The molecule has 0 atom stereocenters. The van der Waals surface area contributed by atoms with E-state index >= 15 is 0 Å². The average molecular weight is 233 g/mol. The van der Waals surface area contributed by atoms with Gasteiger partial charge in [0, 0.05) is 18.8 Å². The molecule has 0 radical (unpaired) electrons. The number of carbonyl (C=O) groups is 1. The number of carbonyl (C=O) groups excluding carboxylic acids is 1. The number of hydrogen-bond acceptors (Lipinski definition) is 2. The zero-order chi connectivity index (χ0) is 12.1. The SMILES string of the molecule is CCOCC(=O)N1CCCCc2ccccc21.